The van der Waals surface area contributed by atoms with Gasteiger partial charge in [0.15, 0.2) is 19.7 Å². The molecule has 19 heteroatoms. The summed E-state index contributed by atoms with van der Waals surface area (Å²) in [6.45, 7) is 3.15. The lowest BCUT2D eigenvalue weighted by atomic mass is 10.1. The van der Waals surface area contributed by atoms with E-state index in [2.05, 4.69) is 37.2 Å². The average molecular weight is 950 g/mol. The molecule has 1 amide bonds. The van der Waals surface area contributed by atoms with Gasteiger partial charge >= 0.3 is 5.97 Å². The van der Waals surface area contributed by atoms with Crippen LogP contribution in [-0.2, 0) is 42.1 Å². The Balaban J connectivity index is 0.000000293. The summed E-state index contributed by atoms with van der Waals surface area (Å²) in [5, 5.41) is 12.5. The summed E-state index contributed by atoms with van der Waals surface area (Å²) >= 11 is 30.0. The maximum atomic E-state index is 12.2. The lowest BCUT2D eigenvalue weighted by molar-refractivity contribution is -0.136. The maximum absolute atomic E-state index is 12.2. The average Bonchev–Trinajstić information content (AvgIpc) is 3.08. The van der Waals surface area contributed by atoms with Crippen LogP contribution < -0.4 is 22.5 Å². The van der Waals surface area contributed by atoms with Crippen LogP contribution in [0.3, 0.4) is 0 Å². The van der Waals surface area contributed by atoms with Crippen molar-refractivity contribution in [2.45, 2.75) is 36.5 Å². The molecule has 11 nitrogen and oxygen atoms in total. The highest BCUT2D eigenvalue weighted by Gasteiger charge is 2.17. The molecular formula is C32H32Br2Cl4N4O7S2. The van der Waals surface area contributed by atoms with E-state index in [1.165, 1.54) is 42.5 Å². The molecule has 276 valence electrons. The maximum Gasteiger partial charge on any atom is 0.307 e. The molecule has 0 radical (unpaired) electrons. The molecular weight excluding hydrogens is 918 g/mol. The molecule has 0 aromatic heterocycles. The summed E-state index contributed by atoms with van der Waals surface area (Å²) in [6, 6.07) is 15.1. The van der Waals surface area contributed by atoms with Crippen LogP contribution in [0.4, 0.5) is 22.7 Å². The van der Waals surface area contributed by atoms with Crippen molar-refractivity contribution in [3.63, 3.8) is 0 Å². The Morgan fingerprint density at radius 2 is 1.08 bits per heavy atom. The first-order valence-corrected chi connectivity index (χ1v) is 20.8. The summed E-state index contributed by atoms with van der Waals surface area (Å²) in [7, 11) is -6.46. The second-order valence-corrected chi connectivity index (χ2v) is 18.0. The van der Waals surface area contributed by atoms with Gasteiger partial charge in [-0.1, -0.05) is 84.5 Å². The Kier molecular flexibility index (Phi) is 16.9. The number of aliphatic carboxylic acids is 1. The summed E-state index contributed by atoms with van der Waals surface area (Å²) in [5.41, 5.74) is 19.3. The molecule has 0 saturated carbocycles. The van der Waals surface area contributed by atoms with Crippen molar-refractivity contribution in [2.24, 2.45) is 0 Å². The standard InChI is InChI=1S/C16H15BrCl2N2O3S.C10H12O4S.C6H5BrCl2N2/c1-2-25(23,24)10-5-3-9(4-6-10)7-13(22)21-16-12(20)8-11(18)14(17)15(16)19;1-2-15(13,14)9-5-3-8(4-6-9)7-10(11)12;7-4-2(8)1-3(10)6(11)5(4)9/h3-6,8H,2,7,20H2,1H3,(H,21,22);3-6H,2,7H2,1H3,(H,11,12);1H,10-11H2. The second kappa shape index (κ2) is 19.4. The number of carbonyl (C=O) groups is 2. The van der Waals surface area contributed by atoms with Gasteiger partial charge in [0.05, 0.1) is 85.9 Å². The molecule has 4 aromatic carbocycles. The van der Waals surface area contributed by atoms with Crippen LogP contribution in [0.25, 0.3) is 0 Å². The van der Waals surface area contributed by atoms with Gasteiger partial charge in [-0.3, -0.25) is 9.59 Å². The predicted molar refractivity (Wildman–Crippen MR) is 214 cm³/mol. The molecule has 8 N–H and O–H groups in total. The van der Waals surface area contributed by atoms with Crippen molar-refractivity contribution >= 4 is 133 Å². The number of halogens is 6. The van der Waals surface area contributed by atoms with E-state index < -0.39 is 25.6 Å². The largest absolute Gasteiger partial charge is 0.481 e. The SMILES string of the molecule is CCS(=O)(=O)c1ccc(CC(=O)Nc2c(N)cc(Cl)c(Br)c2Cl)cc1.CCS(=O)(=O)c1ccc(CC(=O)O)cc1.Nc1cc(Cl)c(Br)c(Cl)c1N. The first-order valence-electron chi connectivity index (χ1n) is 14.4. The van der Waals surface area contributed by atoms with E-state index in [4.69, 9.17) is 68.7 Å². The number of hydrogen-bond acceptors (Lipinski definition) is 9. The van der Waals surface area contributed by atoms with Crippen molar-refractivity contribution in [3.8, 4) is 0 Å². The van der Waals surface area contributed by atoms with Gasteiger partial charge in [-0.15, -0.1) is 0 Å². The fourth-order valence-corrected chi connectivity index (χ4v) is 7.27. The highest BCUT2D eigenvalue weighted by molar-refractivity contribution is 9.11. The molecule has 51 heavy (non-hydrogen) atoms. The number of carbonyl (C=O) groups excluding carboxylic acids is 1. The number of carboxylic acids is 1. The van der Waals surface area contributed by atoms with Gasteiger partial charge in [0.1, 0.15) is 0 Å². The van der Waals surface area contributed by atoms with Gasteiger partial charge in [-0.05, 0) is 79.4 Å². The molecule has 0 fully saturated rings. The number of nitrogens with one attached hydrogen (secondary N) is 1. The van der Waals surface area contributed by atoms with Crippen LogP contribution in [0.15, 0.2) is 79.4 Å². The smallest absolute Gasteiger partial charge is 0.307 e. The Morgan fingerprint density at radius 3 is 1.49 bits per heavy atom. The van der Waals surface area contributed by atoms with Crippen LogP contribution in [0.5, 0.6) is 0 Å². The fraction of sp³-hybridized carbons (Fsp3) is 0.188. The molecule has 0 aliphatic rings. The minimum atomic E-state index is -3.26. The number of hydrogen-bond donors (Lipinski definition) is 5. The molecule has 0 spiro atoms. The van der Waals surface area contributed by atoms with Gasteiger partial charge in [-0.25, -0.2) is 16.8 Å². The number of rotatable bonds is 9. The van der Waals surface area contributed by atoms with Crippen LogP contribution in [0.2, 0.25) is 20.1 Å². The summed E-state index contributed by atoms with van der Waals surface area (Å²) in [4.78, 5) is 23.1. The molecule has 0 bridgehead atoms. The van der Waals surface area contributed by atoms with Gasteiger partial charge in [0, 0.05) is 0 Å². The molecule has 4 aromatic rings. The number of nitrogens with two attached hydrogens (primary N) is 3. The number of nitrogen functional groups attached to an aromatic ring is 3. The van der Waals surface area contributed by atoms with Crippen LogP contribution in [-0.4, -0.2) is 45.3 Å². The van der Waals surface area contributed by atoms with Gasteiger partial charge < -0.3 is 27.6 Å². The van der Waals surface area contributed by atoms with Crippen molar-refractivity contribution in [2.75, 3.05) is 34.0 Å². The third-order valence-corrected chi connectivity index (χ3v) is 14.2. The molecule has 0 atom stereocenters. The minimum Gasteiger partial charge on any atom is -0.481 e. The third kappa shape index (κ3) is 12.7. The second-order valence-electron chi connectivity index (χ2n) is 10.3. The Hall–Kier alpha value is -2.76. The Morgan fingerprint density at radius 1 is 0.686 bits per heavy atom. The van der Waals surface area contributed by atoms with Gasteiger partial charge in [0.25, 0.3) is 0 Å². The van der Waals surface area contributed by atoms with E-state index in [0.29, 0.717) is 46.5 Å². The fourth-order valence-electron chi connectivity index (χ4n) is 3.87. The zero-order chi connectivity index (χ0) is 38.8. The van der Waals surface area contributed by atoms with E-state index in [-0.39, 0.29) is 56.4 Å². The zero-order valence-corrected chi connectivity index (χ0v) is 34.6. The Bertz CT molecular complexity index is 2100. The molecule has 0 heterocycles. The lowest BCUT2D eigenvalue weighted by Gasteiger charge is -2.13. The first kappa shape index (κ1) is 44.4. The topological polar surface area (TPSA) is 213 Å². The van der Waals surface area contributed by atoms with Crippen LogP contribution in [0.1, 0.15) is 25.0 Å². The van der Waals surface area contributed by atoms with Crippen molar-refractivity contribution in [1.29, 1.82) is 0 Å². The number of amides is 1. The van der Waals surface area contributed by atoms with Gasteiger partial charge in [-0.2, -0.15) is 0 Å². The van der Waals surface area contributed by atoms with Crippen molar-refractivity contribution < 1.29 is 31.5 Å². The quantitative estimate of drug-likeness (QED) is 0.0799. The highest BCUT2D eigenvalue weighted by Crippen LogP contribution is 2.40. The number of carboxylic acid groups (broad SMARTS) is 1. The first-order chi connectivity index (χ1) is 23.6. The molecule has 0 aliphatic heterocycles. The number of benzene rings is 4. The van der Waals surface area contributed by atoms with E-state index in [0.717, 1.165) is 0 Å². The molecule has 4 rings (SSSR count). The number of anilines is 4. The van der Waals surface area contributed by atoms with Crippen molar-refractivity contribution in [1.82, 2.24) is 0 Å². The lowest BCUT2D eigenvalue weighted by Crippen LogP contribution is -2.16. The van der Waals surface area contributed by atoms with E-state index in [9.17, 15) is 26.4 Å². The van der Waals surface area contributed by atoms with Crippen LogP contribution >= 0.6 is 78.3 Å². The molecule has 0 aliphatic carbocycles. The summed E-state index contributed by atoms with van der Waals surface area (Å²) < 4.78 is 47.4. The van der Waals surface area contributed by atoms with E-state index in [1.807, 2.05) is 0 Å². The van der Waals surface area contributed by atoms with E-state index >= 15 is 0 Å². The predicted octanol–water partition coefficient (Wildman–Crippen LogP) is 8.34. The summed E-state index contributed by atoms with van der Waals surface area (Å²) in [6.07, 6.45) is -0.0467. The van der Waals surface area contributed by atoms with Crippen molar-refractivity contribution in [3.05, 3.63) is 101 Å². The number of sulfone groups is 2. The monoisotopic (exact) mass is 946 g/mol. The minimum absolute atomic E-state index is 0.0239. The third-order valence-electron chi connectivity index (χ3n) is 6.73. The zero-order valence-electron chi connectivity index (χ0n) is 26.8. The highest BCUT2D eigenvalue weighted by atomic mass is 79.9. The normalized spacial score (nSPS) is 11.1. The molecule has 0 saturated heterocycles. The van der Waals surface area contributed by atoms with Crippen LogP contribution in [0, 0.1) is 0 Å². The van der Waals surface area contributed by atoms with E-state index in [1.54, 1.807) is 32.0 Å². The Labute approximate surface area is 332 Å². The molecule has 0 unspecified atom stereocenters. The summed E-state index contributed by atoms with van der Waals surface area (Å²) in [5.74, 6) is -1.20. The van der Waals surface area contributed by atoms with Gasteiger partial charge in [0.2, 0.25) is 5.91 Å².